The third-order valence-corrected chi connectivity index (χ3v) is 2.48. The number of hydrogen-bond acceptors (Lipinski definition) is 6. The summed E-state index contributed by atoms with van der Waals surface area (Å²) < 4.78 is 1.59. The van der Waals surface area contributed by atoms with Crippen molar-refractivity contribution in [2.24, 2.45) is 0 Å². The predicted octanol–water partition coefficient (Wildman–Crippen LogP) is 0.649. The normalized spacial score (nSPS) is 10.3. The molecular weight excluding hydrogens is 282 g/mol. The second-order valence-electron chi connectivity index (χ2n) is 3.90. The highest BCUT2D eigenvalue weighted by Gasteiger charge is 2.07. The molecular formula is C11H14ClN7O. The first-order chi connectivity index (χ1) is 9.69. The van der Waals surface area contributed by atoms with Crippen molar-refractivity contribution < 1.29 is 4.79 Å². The molecule has 0 saturated carbocycles. The summed E-state index contributed by atoms with van der Waals surface area (Å²) in [6.45, 7) is 2.69. The van der Waals surface area contributed by atoms with Crippen LogP contribution in [0.1, 0.15) is 13.3 Å². The fourth-order valence-corrected chi connectivity index (χ4v) is 1.55. The average Bonchev–Trinajstić information content (AvgIpc) is 2.96. The number of hydrogen-bond donors (Lipinski definition) is 2. The highest BCUT2D eigenvalue weighted by atomic mass is 35.5. The van der Waals surface area contributed by atoms with Crippen molar-refractivity contribution in [1.29, 1.82) is 0 Å². The first-order valence-corrected chi connectivity index (χ1v) is 6.47. The molecule has 20 heavy (non-hydrogen) atoms. The second kappa shape index (κ2) is 6.80. The highest BCUT2D eigenvalue weighted by Crippen LogP contribution is 2.08. The van der Waals surface area contributed by atoms with E-state index in [0.717, 1.165) is 6.42 Å². The van der Waals surface area contributed by atoms with Gasteiger partial charge in [-0.2, -0.15) is 15.0 Å². The molecule has 8 nitrogen and oxygen atoms in total. The largest absolute Gasteiger partial charge is 0.355 e. The van der Waals surface area contributed by atoms with E-state index >= 15 is 0 Å². The summed E-state index contributed by atoms with van der Waals surface area (Å²) in [6, 6.07) is 0. The maximum absolute atomic E-state index is 11.5. The smallest absolute Gasteiger partial charge is 0.241 e. The minimum Gasteiger partial charge on any atom is -0.355 e. The molecule has 0 aliphatic carbocycles. The second-order valence-corrected chi connectivity index (χ2v) is 4.24. The summed E-state index contributed by atoms with van der Waals surface area (Å²) in [5.41, 5.74) is 0. The van der Waals surface area contributed by atoms with Crippen LogP contribution in [0.4, 0.5) is 5.95 Å². The number of anilines is 1. The van der Waals surface area contributed by atoms with E-state index in [2.05, 4.69) is 30.6 Å². The fourth-order valence-electron chi connectivity index (χ4n) is 1.40. The van der Waals surface area contributed by atoms with E-state index in [1.165, 1.54) is 0 Å². The lowest BCUT2D eigenvalue weighted by molar-refractivity contribution is -0.119. The van der Waals surface area contributed by atoms with E-state index in [1.54, 1.807) is 23.3 Å². The van der Waals surface area contributed by atoms with Gasteiger partial charge in [0.2, 0.25) is 23.1 Å². The van der Waals surface area contributed by atoms with Crippen LogP contribution >= 0.6 is 11.6 Å². The molecule has 0 spiro atoms. The van der Waals surface area contributed by atoms with Gasteiger partial charge in [0.15, 0.2) is 0 Å². The van der Waals surface area contributed by atoms with Crippen LogP contribution in [0.5, 0.6) is 0 Å². The van der Waals surface area contributed by atoms with Crippen molar-refractivity contribution in [1.82, 2.24) is 29.8 Å². The monoisotopic (exact) mass is 295 g/mol. The molecule has 2 aromatic heterocycles. The molecule has 2 aromatic rings. The van der Waals surface area contributed by atoms with Crippen LogP contribution in [-0.2, 0) is 4.79 Å². The van der Waals surface area contributed by atoms with Crippen molar-refractivity contribution in [3.05, 3.63) is 24.0 Å². The minimum absolute atomic E-state index is 0.0418. The molecule has 2 N–H and O–H groups in total. The van der Waals surface area contributed by atoms with Crippen LogP contribution in [0.25, 0.3) is 5.95 Å². The lowest BCUT2D eigenvalue weighted by atomic mass is 10.4. The summed E-state index contributed by atoms with van der Waals surface area (Å²) in [5, 5.41) is 5.58. The molecule has 2 heterocycles. The number of nitrogens with zero attached hydrogens (tertiary/aromatic N) is 5. The lowest BCUT2D eigenvalue weighted by Crippen LogP contribution is -2.30. The van der Waals surface area contributed by atoms with Gasteiger partial charge in [0, 0.05) is 18.9 Å². The SMILES string of the molecule is CCCNC(=O)CNc1nc(Cl)nc(-n2ccnc2)n1. The van der Waals surface area contributed by atoms with Crippen molar-refractivity contribution in [3.63, 3.8) is 0 Å². The topological polar surface area (TPSA) is 97.6 Å². The fraction of sp³-hybridized carbons (Fsp3) is 0.364. The number of aromatic nitrogens is 5. The molecule has 0 fully saturated rings. The van der Waals surface area contributed by atoms with Crippen molar-refractivity contribution in [2.75, 3.05) is 18.4 Å². The Balaban J connectivity index is 2.03. The van der Waals surface area contributed by atoms with Gasteiger partial charge < -0.3 is 10.6 Å². The number of imidazole rings is 1. The molecule has 0 aliphatic heterocycles. The maximum Gasteiger partial charge on any atom is 0.241 e. The first-order valence-electron chi connectivity index (χ1n) is 6.09. The van der Waals surface area contributed by atoms with Crippen LogP contribution in [0, 0.1) is 0 Å². The zero-order valence-corrected chi connectivity index (χ0v) is 11.6. The molecule has 106 valence electrons. The lowest BCUT2D eigenvalue weighted by Gasteiger charge is -2.07. The number of amides is 1. The van der Waals surface area contributed by atoms with E-state index in [9.17, 15) is 4.79 Å². The van der Waals surface area contributed by atoms with Crippen LogP contribution < -0.4 is 10.6 Å². The van der Waals surface area contributed by atoms with E-state index in [1.807, 2.05) is 6.92 Å². The number of carbonyl (C=O) groups excluding carboxylic acids is 1. The Labute approximate surface area is 120 Å². The molecule has 0 aliphatic rings. The summed E-state index contributed by atoms with van der Waals surface area (Å²) >= 11 is 5.83. The van der Waals surface area contributed by atoms with Crippen LogP contribution in [0.3, 0.4) is 0 Å². The zero-order valence-electron chi connectivity index (χ0n) is 10.9. The third-order valence-electron chi connectivity index (χ3n) is 2.31. The zero-order chi connectivity index (χ0) is 14.4. The molecule has 0 atom stereocenters. The number of carbonyl (C=O) groups is 1. The van der Waals surface area contributed by atoms with Gasteiger partial charge >= 0.3 is 0 Å². The highest BCUT2D eigenvalue weighted by molar-refractivity contribution is 6.28. The summed E-state index contributed by atoms with van der Waals surface area (Å²) in [5.74, 6) is 0.437. The standard InChI is InChI=1S/C11H14ClN7O/c1-2-3-14-8(20)6-15-10-16-9(12)17-11(18-10)19-5-4-13-7-19/h4-5,7H,2-3,6H2,1H3,(H,14,20)(H,15,16,17,18). The van der Waals surface area contributed by atoms with Gasteiger partial charge in [0.25, 0.3) is 0 Å². The van der Waals surface area contributed by atoms with Crippen LogP contribution in [0.15, 0.2) is 18.7 Å². The Bertz CT molecular complexity index is 572. The Kier molecular flexibility index (Phi) is 4.83. The molecule has 0 bridgehead atoms. The Morgan fingerprint density at radius 3 is 2.95 bits per heavy atom. The molecule has 0 radical (unpaired) electrons. The molecule has 0 unspecified atom stereocenters. The van der Waals surface area contributed by atoms with Crippen molar-refractivity contribution in [2.45, 2.75) is 13.3 Å². The molecule has 2 rings (SSSR count). The van der Waals surface area contributed by atoms with E-state index in [4.69, 9.17) is 11.6 Å². The van der Waals surface area contributed by atoms with Crippen molar-refractivity contribution in [3.8, 4) is 5.95 Å². The average molecular weight is 296 g/mol. The number of rotatable bonds is 6. The van der Waals surface area contributed by atoms with Gasteiger partial charge in [-0.05, 0) is 18.0 Å². The molecule has 0 aromatic carbocycles. The molecule has 9 heteroatoms. The Morgan fingerprint density at radius 1 is 1.40 bits per heavy atom. The van der Waals surface area contributed by atoms with E-state index in [-0.39, 0.29) is 23.7 Å². The minimum atomic E-state index is -0.132. The Hall–Kier alpha value is -2.22. The summed E-state index contributed by atoms with van der Waals surface area (Å²) in [4.78, 5) is 27.4. The van der Waals surface area contributed by atoms with Gasteiger partial charge in [0.05, 0.1) is 6.54 Å². The van der Waals surface area contributed by atoms with E-state index in [0.29, 0.717) is 12.5 Å². The van der Waals surface area contributed by atoms with Gasteiger partial charge in [-0.15, -0.1) is 0 Å². The molecule has 1 amide bonds. The molecule has 0 saturated heterocycles. The third kappa shape index (κ3) is 3.89. The van der Waals surface area contributed by atoms with Gasteiger partial charge in [0.1, 0.15) is 6.33 Å². The van der Waals surface area contributed by atoms with Gasteiger partial charge in [-0.3, -0.25) is 9.36 Å². The summed E-state index contributed by atoms with van der Waals surface area (Å²) in [6.07, 6.45) is 5.71. The predicted molar refractivity (Wildman–Crippen MR) is 73.7 cm³/mol. The Morgan fingerprint density at radius 2 is 2.25 bits per heavy atom. The van der Waals surface area contributed by atoms with Gasteiger partial charge in [-0.25, -0.2) is 4.98 Å². The van der Waals surface area contributed by atoms with Crippen molar-refractivity contribution >= 4 is 23.5 Å². The number of halogens is 1. The quantitative estimate of drug-likeness (QED) is 0.812. The summed E-state index contributed by atoms with van der Waals surface area (Å²) in [7, 11) is 0. The van der Waals surface area contributed by atoms with Crippen LogP contribution in [-0.4, -0.2) is 43.5 Å². The van der Waals surface area contributed by atoms with Gasteiger partial charge in [-0.1, -0.05) is 6.92 Å². The van der Waals surface area contributed by atoms with Crippen LogP contribution in [0.2, 0.25) is 5.28 Å². The van der Waals surface area contributed by atoms with E-state index < -0.39 is 0 Å². The number of nitrogens with one attached hydrogen (secondary N) is 2. The first kappa shape index (κ1) is 14.2. The maximum atomic E-state index is 11.5.